The van der Waals surface area contributed by atoms with Crippen molar-refractivity contribution in [2.24, 2.45) is 0 Å². The summed E-state index contributed by atoms with van der Waals surface area (Å²) in [6.07, 6.45) is 0. The van der Waals surface area contributed by atoms with Gasteiger partial charge in [-0.15, -0.1) is 0 Å². The molecule has 5 heteroatoms. The third-order valence-electron chi connectivity index (χ3n) is 2.81. The number of hydrogen-bond acceptors (Lipinski definition) is 2. The van der Waals surface area contributed by atoms with Crippen LogP contribution in [0.3, 0.4) is 0 Å². The van der Waals surface area contributed by atoms with E-state index in [1.54, 1.807) is 30.9 Å². The van der Waals surface area contributed by atoms with Gasteiger partial charge in [-0.1, -0.05) is 23.7 Å². The fraction of sp³-hybridized carbons (Fsp3) is 0.200. The molecule has 0 aliphatic heterocycles. The summed E-state index contributed by atoms with van der Waals surface area (Å²) in [5, 5.41) is 3.61. The molecule has 2 aromatic carbocycles. The van der Waals surface area contributed by atoms with Crippen LogP contribution < -0.4 is 9.61 Å². The second-order valence-electron chi connectivity index (χ2n) is 4.82. The highest BCUT2D eigenvalue weighted by molar-refractivity contribution is 7.60. The summed E-state index contributed by atoms with van der Waals surface area (Å²) < 4.78 is 18.1. The number of anilines is 1. The maximum absolute atomic E-state index is 12.5. The minimum absolute atomic E-state index is 0.526. The van der Waals surface area contributed by atoms with Crippen molar-refractivity contribution in [1.29, 1.82) is 0 Å². The SMILES string of the molecule is Cc1ccc(C)c(N[P@](C)(=O)Oc2ccc(Cl)cc2)c1. The Balaban J connectivity index is 2.16. The predicted octanol–water partition coefficient (Wildman–Crippen LogP) is 5.27. The Hall–Kier alpha value is -1.44. The maximum Gasteiger partial charge on any atom is 0.338 e. The van der Waals surface area contributed by atoms with E-state index in [-0.39, 0.29) is 0 Å². The topological polar surface area (TPSA) is 38.3 Å². The van der Waals surface area contributed by atoms with Gasteiger partial charge in [-0.2, -0.15) is 0 Å². The van der Waals surface area contributed by atoms with E-state index >= 15 is 0 Å². The van der Waals surface area contributed by atoms with Gasteiger partial charge in [-0.25, -0.2) is 0 Å². The van der Waals surface area contributed by atoms with Gasteiger partial charge in [0.25, 0.3) is 0 Å². The van der Waals surface area contributed by atoms with Crippen LogP contribution >= 0.6 is 19.1 Å². The average Bonchev–Trinajstić information content (AvgIpc) is 2.36. The summed E-state index contributed by atoms with van der Waals surface area (Å²) in [5.41, 5.74) is 2.95. The fourth-order valence-corrected chi connectivity index (χ4v) is 3.17. The van der Waals surface area contributed by atoms with Gasteiger partial charge < -0.3 is 9.61 Å². The summed E-state index contributed by atoms with van der Waals surface area (Å²) in [5.74, 6) is 0.526. The summed E-state index contributed by atoms with van der Waals surface area (Å²) in [7, 11) is -2.99. The molecule has 2 rings (SSSR count). The van der Waals surface area contributed by atoms with E-state index in [1.165, 1.54) is 0 Å². The minimum Gasteiger partial charge on any atom is -0.429 e. The first-order valence-corrected chi connectivity index (χ1v) is 8.69. The molecule has 1 atom stereocenters. The molecule has 0 aromatic heterocycles. The van der Waals surface area contributed by atoms with Crippen LogP contribution in [0.25, 0.3) is 0 Å². The molecule has 0 amide bonds. The smallest absolute Gasteiger partial charge is 0.338 e. The highest BCUT2D eigenvalue weighted by atomic mass is 35.5. The van der Waals surface area contributed by atoms with Crippen LogP contribution in [0.5, 0.6) is 5.75 Å². The molecule has 0 saturated heterocycles. The Morgan fingerprint density at radius 3 is 2.40 bits per heavy atom. The zero-order chi connectivity index (χ0) is 14.8. The van der Waals surface area contributed by atoms with E-state index in [1.807, 2.05) is 32.0 Å². The molecule has 2 aromatic rings. The molecule has 0 aliphatic rings. The summed E-state index contributed by atoms with van der Waals surface area (Å²) >= 11 is 5.81. The number of halogens is 1. The van der Waals surface area contributed by atoms with Gasteiger partial charge in [0.1, 0.15) is 5.75 Å². The monoisotopic (exact) mass is 309 g/mol. The Bertz CT molecular complexity index is 655. The summed E-state index contributed by atoms with van der Waals surface area (Å²) in [6, 6.07) is 12.8. The molecule has 0 aliphatic carbocycles. The van der Waals surface area contributed by atoms with Crippen molar-refractivity contribution in [2.45, 2.75) is 13.8 Å². The zero-order valence-corrected chi connectivity index (χ0v) is 13.3. The zero-order valence-electron chi connectivity index (χ0n) is 11.7. The van der Waals surface area contributed by atoms with Crippen molar-refractivity contribution in [1.82, 2.24) is 0 Å². The summed E-state index contributed by atoms with van der Waals surface area (Å²) in [6.45, 7) is 5.51. The maximum atomic E-state index is 12.5. The van der Waals surface area contributed by atoms with Crippen molar-refractivity contribution >= 4 is 24.8 Å². The first kappa shape index (κ1) is 15.0. The van der Waals surface area contributed by atoms with E-state index in [2.05, 4.69) is 5.09 Å². The van der Waals surface area contributed by atoms with Crippen molar-refractivity contribution in [3.8, 4) is 5.75 Å². The first-order chi connectivity index (χ1) is 9.35. The number of aryl methyl sites for hydroxylation is 2. The van der Waals surface area contributed by atoms with Crippen LogP contribution in [0.2, 0.25) is 5.02 Å². The van der Waals surface area contributed by atoms with Crippen molar-refractivity contribution in [3.63, 3.8) is 0 Å². The lowest BCUT2D eigenvalue weighted by molar-refractivity contribution is 0.493. The highest BCUT2D eigenvalue weighted by Gasteiger charge is 2.18. The molecule has 0 radical (unpaired) electrons. The normalized spacial score (nSPS) is 13.6. The molecule has 0 spiro atoms. The van der Waals surface area contributed by atoms with E-state index in [0.29, 0.717) is 10.8 Å². The van der Waals surface area contributed by atoms with Gasteiger partial charge >= 0.3 is 7.52 Å². The van der Waals surface area contributed by atoms with Gasteiger partial charge in [0, 0.05) is 17.4 Å². The van der Waals surface area contributed by atoms with E-state index in [9.17, 15) is 4.57 Å². The third kappa shape index (κ3) is 4.03. The quantitative estimate of drug-likeness (QED) is 0.782. The third-order valence-corrected chi connectivity index (χ3v) is 4.27. The van der Waals surface area contributed by atoms with Crippen molar-refractivity contribution < 1.29 is 9.09 Å². The Kier molecular flexibility index (Phi) is 4.42. The highest BCUT2D eigenvalue weighted by Crippen LogP contribution is 2.44. The Morgan fingerprint density at radius 1 is 1.10 bits per heavy atom. The molecule has 0 saturated carbocycles. The largest absolute Gasteiger partial charge is 0.429 e. The molecule has 1 N–H and O–H groups in total. The lowest BCUT2D eigenvalue weighted by Crippen LogP contribution is -2.03. The number of nitrogens with one attached hydrogen (secondary N) is 1. The second kappa shape index (κ2) is 5.90. The molecular weight excluding hydrogens is 293 g/mol. The number of benzene rings is 2. The first-order valence-electron chi connectivity index (χ1n) is 6.24. The molecule has 0 bridgehead atoms. The van der Waals surface area contributed by atoms with Crippen LogP contribution in [0.4, 0.5) is 5.69 Å². The van der Waals surface area contributed by atoms with Crippen LogP contribution in [0.15, 0.2) is 42.5 Å². The number of hydrogen-bond donors (Lipinski definition) is 1. The minimum atomic E-state index is -2.99. The van der Waals surface area contributed by atoms with E-state index in [4.69, 9.17) is 16.1 Å². The van der Waals surface area contributed by atoms with Gasteiger partial charge in [0.2, 0.25) is 0 Å². The van der Waals surface area contributed by atoms with Crippen LogP contribution in [-0.2, 0) is 4.57 Å². The van der Waals surface area contributed by atoms with Gasteiger partial charge in [0.15, 0.2) is 0 Å². The Morgan fingerprint density at radius 2 is 1.75 bits per heavy atom. The van der Waals surface area contributed by atoms with Gasteiger partial charge in [-0.05, 0) is 55.3 Å². The molecule has 0 unspecified atom stereocenters. The Labute approximate surface area is 124 Å². The molecule has 20 heavy (non-hydrogen) atoms. The molecule has 106 valence electrons. The van der Waals surface area contributed by atoms with Gasteiger partial charge in [0.05, 0.1) is 0 Å². The van der Waals surface area contributed by atoms with E-state index < -0.39 is 7.52 Å². The van der Waals surface area contributed by atoms with E-state index in [0.717, 1.165) is 16.8 Å². The lowest BCUT2D eigenvalue weighted by Gasteiger charge is -2.19. The molecule has 0 fully saturated rings. The van der Waals surface area contributed by atoms with Crippen LogP contribution in [0, 0.1) is 13.8 Å². The standard InChI is InChI=1S/C15H17ClNO2P/c1-11-4-5-12(2)15(10-11)17-20(3,18)19-14-8-6-13(16)7-9-14/h4-10H,1-3H3,(H,17,18)/t20-/m1/s1. The number of rotatable bonds is 4. The van der Waals surface area contributed by atoms with Crippen LogP contribution in [0.1, 0.15) is 11.1 Å². The van der Waals surface area contributed by atoms with Crippen molar-refractivity contribution in [3.05, 3.63) is 58.6 Å². The molecular formula is C15H17ClNO2P. The molecule has 3 nitrogen and oxygen atoms in total. The molecule has 0 heterocycles. The lowest BCUT2D eigenvalue weighted by atomic mass is 10.1. The van der Waals surface area contributed by atoms with Gasteiger partial charge in [-0.3, -0.25) is 4.57 Å². The predicted molar refractivity (Wildman–Crippen MR) is 85.1 cm³/mol. The summed E-state index contributed by atoms with van der Waals surface area (Å²) in [4.78, 5) is 0. The van der Waals surface area contributed by atoms with Crippen LogP contribution in [-0.4, -0.2) is 6.66 Å². The fourth-order valence-electron chi connectivity index (χ4n) is 1.79. The van der Waals surface area contributed by atoms with Crippen molar-refractivity contribution in [2.75, 3.05) is 11.8 Å². The second-order valence-corrected chi connectivity index (χ2v) is 7.36. The average molecular weight is 310 g/mol.